The van der Waals surface area contributed by atoms with Crippen LogP contribution in [-0.4, -0.2) is 60.0 Å². The number of benzene rings is 1. The van der Waals surface area contributed by atoms with Gasteiger partial charge in [0.05, 0.1) is 18.6 Å². The molecule has 0 spiro atoms. The van der Waals surface area contributed by atoms with Crippen molar-refractivity contribution in [3.05, 3.63) is 35.4 Å². The van der Waals surface area contributed by atoms with Crippen molar-refractivity contribution >= 4 is 23.4 Å². The number of fused-ring (bicyclic) bond motifs is 1. The van der Waals surface area contributed by atoms with E-state index in [1.165, 1.54) is 16.0 Å². The molecule has 32 heavy (non-hydrogen) atoms. The van der Waals surface area contributed by atoms with Crippen LogP contribution < -0.4 is 10.6 Å². The van der Waals surface area contributed by atoms with Crippen molar-refractivity contribution in [2.75, 3.05) is 13.6 Å². The highest BCUT2D eigenvalue weighted by atomic mass is 16.2. The number of hydrogen-bond acceptors (Lipinski definition) is 5. The van der Waals surface area contributed by atoms with Crippen LogP contribution >= 0.6 is 0 Å². The number of terminal acetylenes is 1. The molecule has 0 aromatic heterocycles. The maximum atomic E-state index is 13.3. The summed E-state index contributed by atoms with van der Waals surface area (Å²) in [6.07, 6.45) is 8.65. The van der Waals surface area contributed by atoms with Gasteiger partial charge < -0.3 is 15.5 Å². The highest BCUT2D eigenvalue weighted by molar-refractivity contribution is 6.01. The van der Waals surface area contributed by atoms with E-state index >= 15 is 0 Å². The van der Waals surface area contributed by atoms with Crippen molar-refractivity contribution in [2.24, 2.45) is 0 Å². The lowest BCUT2D eigenvalue weighted by Crippen LogP contribution is -2.54. The molecule has 7 heteroatoms. The summed E-state index contributed by atoms with van der Waals surface area (Å²) in [4.78, 5) is 52.3. The number of nitrogens with one attached hydrogen (secondary N) is 2. The summed E-state index contributed by atoms with van der Waals surface area (Å²) < 4.78 is 0. The van der Waals surface area contributed by atoms with E-state index < -0.39 is 24.0 Å². The van der Waals surface area contributed by atoms with E-state index in [0.717, 1.165) is 19.3 Å². The van der Waals surface area contributed by atoms with Gasteiger partial charge in [0.25, 0.3) is 0 Å². The highest BCUT2D eigenvalue weighted by Crippen LogP contribution is 2.35. The number of nitrogens with zero attached hydrogens (tertiary/aromatic N) is 1. The van der Waals surface area contributed by atoms with E-state index in [9.17, 15) is 19.2 Å². The minimum absolute atomic E-state index is 0.0113. The molecule has 170 valence electrons. The van der Waals surface area contributed by atoms with Gasteiger partial charge in [0.15, 0.2) is 11.6 Å². The van der Waals surface area contributed by atoms with Gasteiger partial charge in [0.2, 0.25) is 11.8 Å². The molecule has 3 rings (SSSR count). The number of amides is 2. The Hall–Kier alpha value is -2.98. The third-order valence-electron chi connectivity index (χ3n) is 6.50. The van der Waals surface area contributed by atoms with Gasteiger partial charge in [-0.2, -0.15) is 0 Å². The third-order valence-corrected chi connectivity index (χ3v) is 6.50. The highest BCUT2D eigenvalue weighted by Gasteiger charge is 2.41. The van der Waals surface area contributed by atoms with Crippen LogP contribution in [0.4, 0.5) is 0 Å². The van der Waals surface area contributed by atoms with Crippen molar-refractivity contribution < 1.29 is 19.2 Å². The van der Waals surface area contributed by atoms with Crippen molar-refractivity contribution in [1.29, 1.82) is 0 Å². The molecule has 1 aromatic carbocycles. The average molecular weight is 438 g/mol. The summed E-state index contributed by atoms with van der Waals surface area (Å²) in [7, 11) is 1.64. The molecule has 1 aromatic rings. The Balaban J connectivity index is 1.74. The third kappa shape index (κ3) is 5.25. The first-order valence-electron chi connectivity index (χ1n) is 11.2. The second-order valence-corrected chi connectivity index (χ2v) is 8.66. The average Bonchev–Trinajstić information content (AvgIpc) is 3.19. The maximum Gasteiger partial charge on any atom is 0.247 e. The first-order valence-corrected chi connectivity index (χ1v) is 11.2. The van der Waals surface area contributed by atoms with Crippen LogP contribution in [-0.2, 0) is 25.6 Å². The minimum atomic E-state index is -0.972. The van der Waals surface area contributed by atoms with Crippen LogP contribution in [0.2, 0.25) is 0 Å². The fraction of sp³-hybridized carbons (Fsp3) is 0.520. The van der Waals surface area contributed by atoms with Crippen molar-refractivity contribution in [3.8, 4) is 12.3 Å². The van der Waals surface area contributed by atoms with Crippen LogP contribution in [0.25, 0.3) is 0 Å². The number of hydrogen-bond donors (Lipinski definition) is 2. The molecular weight excluding hydrogens is 406 g/mol. The summed E-state index contributed by atoms with van der Waals surface area (Å²) in [6, 6.07) is 5.87. The van der Waals surface area contributed by atoms with Crippen LogP contribution in [0.15, 0.2) is 24.3 Å². The van der Waals surface area contributed by atoms with E-state index in [2.05, 4.69) is 28.7 Å². The van der Waals surface area contributed by atoms with Crippen molar-refractivity contribution in [2.45, 2.75) is 69.5 Å². The van der Waals surface area contributed by atoms with Crippen LogP contribution in [0.5, 0.6) is 0 Å². The Morgan fingerprint density at radius 3 is 2.75 bits per heavy atom. The normalized spacial score (nSPS) is 21.9. The summed E-state index contributed by atoms with van der Waals surface area (Å²) in [6.45, 7) is 1.54. The van der Waals surface area contributed by atoms with Crippen LogP contribution in [0.1, 0.15) is 56.1 Å². The fourth-order valence-corrected chi connectivity index (χ4v) is 4.60. The quantitative estimate of drug-likeness (QED) is 0.599. The molecule has 0 radical (unpaired) electrons. The van der Waals surface area contributed by atoms with Crippen LogP contribution in [0.3, 0.4) is 0 Å². The zero-order valence-electron chi connectivity index (χ0n) is 18.7. The van der Waals surface area contributed by atoms with Gasteiger partial charge >= 0.3 is 0 Å². The van der Waals surface area contributed by atoms with Gasteiger partial charge in [0.1, 0.15) is 6.04 Å². The second kappa shape index (κ2) is 10.6. The zero-order valence-corrected chi connectivity index (χ0v) is 18.7. The smallest absolute Gasteiger partial charge is 0.247 e. The minimum Gasteiger partial charge on any atom is -0.342 e. The van der Waals surface area contributed by atoms with E-state index in [4.69, 9.17) is 6.42 Å². The van der Waals surface area contributed by atoms with E-state index in [1.807, 2.05) is 12.1 Å². The number of carbonyl (C=O) groups excluding carboxylic acids is 4. The summed E-state index contributed by atoms with van der Waals surface area (Å²) in [5.41, 5.74) is 2.45. The SMILES string of the molecule is C#CC[C@H](NC(=O)[C@H](C)NC)C(=O)N1CC(=O)C[C@H]1C(=O)C[C@@H]1CCCc2ccccc21. The van der Waals surface area contributed by atoms with Gasteiger partial charge in [-0.1, -0.05) is 24.3 Å². The molecular formula is C25H31N3O4. The Kier molecular flexibility index (Phi) is 7.81. The Bertz CT molecular complexity index is 935. The largest absolute Gasteiger partial charge is 0.342 e. The van der Waals surface area contributed by atoms with Crippen molar-refractivity contribution in [3.63, 3.8) is 0 Å². The number of aryl methyl sites for hydroxylation is 1. The summed E-state index contributed by atoms with van der Waals surface area (Å²) >= 11 is 0. The predicted molar refractivity (Wildman–Crippen MR) is 121 cm³/mol. The van der Waals surface area contributed by atoms with Gasteiger partial charge in [-0.3, -0.25) is 19.2 Å². The molecule has 1 aliphatic carbocycles. The summed E-state index contributed by atoms with van der Waals surface area (Å²) in [5.74, 6) is 1.39. The number of rotatable bonds is 8. The van der Waals surface area contributed by atoms with E-state index in [0.29, 0.717) is 6.42 Å². The first-order chi connectivity index (χ1) is 15.3. The molecule has 1 heterocycles. The number of likely N-dealkylation sites (tertiary alicyclic amines) is 1. The molecule has 0 bridgehead atoms. The molecule has 7 nitrogen and oxygen atoms in total. The Labute approximate surface area is 189 Å². The fourth-order valence-electron chi connectivity index (χ4n) is 4.60. The topological polar surface area (TPSA) is 95.6 Å². The lowest BCUT2D eigenvalue weighted by molar-refractivity contribution is -0.141. The van der Waals surface area contributed by atoms with Crippen LogP contribution in [0, 0.1) is 12.3 Å². The molecule has 2 amide bonds. The standard InChI is InChI=1S/C25H31N3O4/c1-4-8-21(27-24(31)16(2)26-3)25(32)28-15-19(29)14-22(28)23(30)13-18-11-7-10-17-9-5-6-12-20(17)18/h1,5-6,9,12,16,18,21-22,26H,7-8,10-11,13-15H2,2-3H3,(H,27,31)/t16-,18-,21-,22-/m0/s1. The van der Waals surface area contributed by atoms with Gasteiger partial charge in [0, 0.05) is 19.3 Å². The zero-order chi connectivity index (χ0) is 23.3. The first kappa shape index (κ1) is 23.7. The molecule has 2 N–H and O–H groups in total. The monoisotopic (exact) mass is 437 g/mol. The molecule has 4 atom stereocenters. The lowest BCUT2D eigenvalue weighted by atomic mass is 9.79. The molecule has 1 aliphatic heterocycles. The number of ketones is 2. The lowest BCUT2D eigenvalue weighted by Gasteiger charge is -2.30. The second-order valence-electron chi connectivity index (χ2n) is 8.66. The van der Waals surface area contributed by atoms with E-state index in [-0.39, 0.29) is 42.8 Å². The van der Waals surface area contributed by atoms with Gasteiger partial charge in [-0.25, -0.2) is 0 Å². The predicted octanol–water partition coefficient (Wildman–Crippen LogP) is 1.35. The molecule has 1 saturated heterocycles. The molecule has 0 saturated carbocycles. The molecule has 2 aliphatic rings. The van der Waals surface area contributed by atoms with Gasteiger partial charge in [-0.15, -0.1) is 12.3 Å². The Morgan fingerprint density at radius 1 is 1.28 bits per heavy atom. The number of likely N-dealkylation sites (N-methyl/N-ethyl adjacent to an activating group) is 1. The number of carbonyl (C=O) groups is 4. The molecule has 1 fully saturated rings. The van der Waals surface area contributed by atoms with E-state index in [1.54, 1.807) is 14.0 Å². The van der Waals surface area contributed by atoms with Gasteiger partial charge in [-0.05, 0) is 50.3 Å². The summed E-state index contributed by atoms with van der Waals surface area (Å²) in [5, 5.41) is 5.47. The Morgan fingerprint density at radius 2 is 2.03 bits per heavy atom. The maximum absolute atomic E-state index is 13.3. The molecule has 0 unspecified atom stereocenters. The van der Waals surface area contributed by atoms with Crippen molar-refractivity contribution in [1.82, 2.24) is 15.5 Å². The number of Topliss-reactive ketones (excluding diaryl/α,β-unsaturated/α-hetero) is 2.